The van der Waals surface area contributed by atoms with Crippen molar-refractivity contribution in [3.8, 4) is 0 Å². The molecule has 0 N–H and O–H groups in total. The summed E-state index contributed by atoms with van der Waals surface area (Å²) in [6.07, 6.45) is 3.93. The van der Waals surface area contributed by atoms with Gasteiger partial charge in [0.15, 0.2) is 0 Å². The van der Waals surface area contributed by atoms with Crippen LogP contribution < -0.4 is 0 Å². The number of rotatable bonds is 4. The SMILES string of the molecule is CCC(C)(C)OC(=O)C=Cc1ccc(Cl)cc1. The van der Waals surface area contributed by atoms with Crippen LogP contribution in [0, 0.1) is 0 Å². The van der Waals surface area contributed by atoms with E-state index in [0.717, 1.165) is 12.0 Å². The molecule has 0 saturated carbocycles. The lowest BCUT2D eigenvalue weighted by molar-refractivity contribution is -0.150. The third-order valence-electron chi connectivity index (χ3n) is 2.51. The van der Waals surface area contributed by atoms with E-state index in [-0.39, 0.29) is 5.97 Å². The number of esters is 1. The van der Waals surface area contributed by atoms with E-state index in [0.29, 0.717) is 5.02 Å². The van der Waals surface area contributed by atoms with Crippen LogP contribution in [-0.4, -0.2) is 11.6 Å². The second-order valence-corrected chi connectivity index (χ2v) is 4.86. The van der Waals surface area contributed by atoms with Crippen LogP contribution in [-0.2, 0) is 9.53 Å². The molecule has 0 fully saturated rings. The Morgan fingerprint density at radius 2 is 1.94 bits per heavy atom. The first-order valence-corrected chi connectivity index (χ1v) is 5.97. The molecule has 1 aromatic carbocycles. The molecule has 0 amide bonds. The number of hydrogen-bond acceptors (Lipinski definition) is 2. The van der Waals surface area contributed by atoms with Crippen molar-refractivity contribution >= 4 is 23.6 Å². The number of carbonyl (C=O) groups excluding carboxylic acids is 1. The number of carbonyl (C=O) groups is 1. The van der Waals surface area contributed by atoms with Crippen molar-refractivity contribution in [1.29, 1.82) is 0 Å². The summed E-state index contributed by atoms with van der Waals surface area (Å²) in [6, 6.07) is 7.25. The highest BCUT2D eigenvalue weighted by Gasteiger charge is 2.18. The summed E-state index contributed by atoms with van der Waals surface area (Å²) in [5.41, 5.74) is 0.502. The van der Waals surface area contributed by atoms with Gasteiger partial charge in [-0.2, -0.15) is 0 Å². The maximum Gasteiger partial charge on any atom is 0.331 e. The van der Waals surface area contributed by atoms with Crippen LogP contribution in [0.1, 0.15) is 32.8 Å². The molecular weight excluding hydrogens is 236 g/mol. The molecule has 0 saturated heterocycles. The van der Waals surface area contributed by atoms with Crippen LogP contribution >= 0.6 is 11.6 Å². The molecule has 0 bridgehead atoms. The summed E-state index contributed by atoms with van der Waals surface area (Å²) in [6.45, 7) is 5.76. The quantitative estimate of drug-likeness (QED) is 0.596. The van der Waals surface area contributed by atoms with E-state index in [1.165, 1.54) is 6.08 Å². The number of halogens is 1. The van der Waals surface area contributed by atoms with Crippen molar-refractivity contribution in [3.63, 3.8) is 0 Å². The minimum atomic E-state index is -0.415. The highest BCUT2D eigenvalue weighted by atomic mass is 35.5. The van der Waals surface area contributed by atoms with E-state index in [9.17, 15) is 4.79 Å². The van der Waals surface area contributed by atoms with Crippen molar-refractivity contribution in [2.45, 2.75) is 32.8 Å². The molecule has 17 heavy (non-hydrogen) atoms. The first-order chi connectivity index (χ1) is 7.93. The molecule has 2 nitrogen and oxygen atoms in total. The van der Waals surface area contributed by atoms with Crippen LogP contribution in [0.3, 0.4) is 0 Å². The fourth-order valence-corrected chi connectivity index (χ4v) is 1.24. The lowest BCUT2D eigenvalue weighted by Crippen LogP contribution is -2.25. The van der Waals surface area contributed by atoms with Gasteiger partial charge in [-0.25, -0.2) is 4.79 Å². The maximum atomic E-state index is 11.5. The van der Waals surface area contributed by atoms with Gasteiger partial charge in [0.1, 0.15) is 5.60 Å². The predicted molar refractivity (Wildman–Crippen MR) is 70.9 cm³/mol. The smallest absolute Gasteiger partial charge is 0.331 e. The lowest BCUT2D eigenvalue weighted by atomic mass is 10.1. The Kier molecular flexibility index (Phi) is 4.76. The van der Waals surface area contributed by atoms with Gasteiger partial charge < -0.3 is 4.74 Å². The molecule has 0 unspecified atom stereocenters. The Labute approximate surface area is 107 Å². The van der Waals surface area contributed by atoms with E-state index in [1.807, 2.05) is 32.9 Å². The highest BCUT2D eigenvalue weighted by Crippen LogP contribution is 2.15. The van der Waals surface area contributed by atoms with Crippen molar-refractivity contribution < 1.29 is 9.53 Å². The van der Waals surface area contributed by atoms with Crippen LogP contribution in [0.2, 0.25) is 5.02 Å². The Balaban J connectivity index is 2.60. The minimum absolute atomic E-state index is 0.327. The molecule has 92 valence electrons. The van der Waals surface area contributed by atoms with E-state index in [2.05, 4.69) is 0 Å². The van der Waals surface area contributed by atoms with Crippen LogP contribution in [0.15, 0.2) is 30.3 Å². The van der Waals surface area contributed by atoms with Crippen molar-refractivity contribution in [2.75, 3.05) is 0 Å². The summed E-state index contributed by atoms with van der Waals surface area (Å²) in [5.74, 6) is -0.327. The third-order valence-corrected chi connectivity index (χ3v) is 2.76. The summed E-state index contributed by atoms with van der Waals surface area (Å²) in [4.78, 5) is 11.5. The molecule has 0 atom stereocenters. The molecule has 0 heterocycles. The molecule has 0 aliphatic carbocycles. The maximum absolute atomic E-state index is 11.5. The first-order valence-electron chi connectivity index (χ1n) is 5.59. The molecule has 0 radical (unpaired) electrons. The zero-order valence-electron chi connectivity index (χ0n) is 10.4. The third kappa shape index (κ3) is 5.05. The van der Waals surface area contributed by atoms with E-state index in [4.69, 9.17) is 16.3 Å². The Hall–Kier alpha value is -1.28. The van der Waals surface area contributed by atoms with Gasteiger partial charge in [0, 0.05) is 11.1 Å². The van der Waals surface area contributed by atoms with E-state index >= 15 is 0 Å². The van der Waals surface area contributed by atoms with Gasteiger partial charge in [0.25, 0.3) is 0 Å². The average molecular weight is 253 g/mol. The molecule has 0 aromatic heterocycles. The summed E-state index contributed by atoms with van der Waals surface area (Å²) in [5, 5.41) is 0.678. The number of benzene rings is 1. The highest BCUT2D eigenvalue weighted by molar-refractivity contribution is 6.30. The van der Waals surface area contributed by atoms with Gasteiger partial charge in [-0.3, -0.25) is 0 Å². The zero-order chi connectivity index (χ0) is 12.9. The van der Waals surface area contributed by atoms with Crippen LogP contribution in [0.25, 0.3) is 6.08 Å². The number of hydrogen-bond donors (Lipinski definition) is 0. The summed E-state index contributed by atoms with van der Waals surface area (Å²) in [7, 11) is 0. The van der Waals surface area contributed by atoms with Gasteiger partial charge in [-0.15, -0.1) is 0 Å². The van der Waals surface area contributed by atoms with Gasteiger partial charge in [0.2, 0.25) is 0 Å². The predicted octanol–water partition coefficient (Wildman–Crippen LogP) is 4.09. The largest absolute Gasteiger partial charge is 0.457 e. The van der Waals surface area contributed by atoms with Crippen molar-refractivity contribution in [3.05, 3.63) is 40.9 Å². The molecule has 1 aromatic rings. The fraction of sp³-hybridized carbons (Fsp3) is 0.357. The molecule has 0 spiro atoms. The normalized spacial score (nSPS) is 11.8. The monoisotopic (exact) mass is 252 g/mol. The molecule has 0 aliphatic heterocycles. The van der Waals surface area contributed by atoms with E-state index < -0.39 is 5.60 Å². The van der Waals surface area contributed by atoms with Crippen molar-refractivity contribution in [1.82, 2.24) is 0 Å². The summed E-state index contributed by atoms with van der Waals surface area (Å²) >= 11 is 5.76. The molecular formula is C14H17ClO2. The lowest BCUT2D eigenvalue weighted by Gasteiger charge is -2.22. The van der Waals surface area contributed by atoms with E-state index in [1.54, 1.807) is 18.2 Å². The number of ether oxygens (including phenoxy) is 1. The molecule has 0 aliphatic rings. The summed E-state index contributed by atoms with van der Waals surface area (Å²) < 4.78 is 5.28. The van der Waals surface area contributed by atoms with Gasteiger partial charge >= 0.3 is 5.97 Å². The second-order valence-electron chi connectivity index (χ2n) is 4.42. The Bertz CT molecular complexity index is 405. The second kappa shape index (κ2) is 5.87. The Morgan fingerprint density at radius 1 is 1.35 bits per heavy atom. The first kappa shape index (κ1) is 13.8. The zero-order valence-corrected chi connectivity index (χ0v) is 11.1. The molecule has 3 heteroatoms. The Morgan fingerprint density at radius 3 is 2.47 bits per heavy atom. The molecule has 1 rings (SSSR count). The standard InChI is InChI=1S/C14H17ClO2/c1-4-14(2,3)17-13(16)10-7-11-5-8-12(15)9-6-11/h5-10H,4H2,1-3H3. The minimum Gasteiger partial charge on any atom is -0.457 e. The van der Waals surface area contributed by atoms with Gasteiger partial charge in [-0.05, 0) is 44.0 Å². The van der Waals surface area contributed by atoms with Crippen LogP contribution in [0.4, 0.5) is 0 Å². The fourth-order valence-electron chi connectivity index (χ4n) is 1.12. The average Bonchev–Trinajstić information content (AvgIpc) is 2.28. The van der Waals surface area contributed by atoms with Crippen LogP contribution in [0.5, 0.6) is 0 Å². The van der Waals surface area contributed by atoms with Gasteiger partial charge in [-0.1, -0.05) is 30.7 Å². The van der Waals surface area contributed by atoms with Gasteiger partial charge in [0.05, 0.1) is 0 Å². The van der Waals surface area contributed by atoms with Crippen molar-refractivity contribution in [2.24, 2.45) is 0 Å². The topological polar surface area (TPSA) is 26.3 Å².